The third kappa shape index (κ3) is 4.53. The number of carbonyl (C=O) groups is 2. The van der Waals surface area contributed by atoms with Crippen LogP contribution in [0.2, 0.25) is 0 Å². The summed E-state index contributed by atoms with van der Waals surface area (Å²) < 4.78 is 13.9. The Morgan fingerprint density at radius 1 is 1.07 bits per heavy atom. The molecule has 0 radical (unpaired) electrons. The van der Waals surface area contributed by atoms with E-state index in [4.69, 9.17) is 11.6 Å². The first-order chi connectivity index (χ1) is 14.6. The molecule has 0 aliphatic carbocycles. The van der Waals surface area contributed by atoms with Crippen molar-refractivity contribution in [2.24, 2.45) is 0 Å². The summed E-state index contributed by atoms with van der Waals surface area (Å²) in [6, 6.07) is 8.63. The summed E-state index contributed by atoms with van der Waals surface area (Å²) in [5, 5.41) is 2.07. The number of hydrogen-bond acceptors (Lipinski definition) is 4. The maximum Gasteiger partial charge on any atom is 0.237 e. The second kappa shape index (κ2) is 9.45. The lowest BCUT2D eigenvalue weighted by molar-refractivity contribution is -0.133. The van der Waals surface area contributed by atoms with Gasteiger partial charge in [-0.1, -0.05) is 12.1 Å². The fraction of sp³-hybridized carbons (Fsp3) is 0.455. The molecule has 3 heterocycles. The summed E-state index contributed by atoms with van der Waals surface area (Å²) in [4.78, 5) is 32.1. The highest BCUT2D eigenvalue weighted by atomic mass is 35.5. The van der Waals surface area contributed by atoms with Gasteiger partial charge in [0.15, 0.2) is 0 Å². The minimum atomic E-state index is -0.266. The molecule has 30 heavy (non-hydrogen) atoms. The van der Waals surface area contributed by atoms with Crippen molar-refractivity contribution in [2.75, 3.05) is 45.1 Å². The molecule has 8 heteroatoms. The van der Waals surface area contributed by atoms with Crippen molar-refractivity contribution in [1.29, 1.82) is 0 Å². The summed E-state index contributed by atoms with van der Waals surface area (Å²) in [5.41, 5.74) is 2.04. The minimum absolute atomic E-state index is 0.0278. The maximum atomic E-state index is 13.9. The van der Waals surface area contributed by atoms with Crippen LogP contribution in [0.15, 0.2) is 35.7 Å². The topological polar surface area (TPSA) is 43.9 Å². The molecular weight excluding hydrogens is 425 g/mol. The van der Waals surface area contributed by atoms with Crippen molar-refractivity contribution < 1.29 is 14.0 Å². The highest BCUT2D eigenvalue weighted by molar-refractivity contribution is 7.10. The second-order valence-electron chi connectivity index (χ2n) is 7.73. The van der Waals surface area contributed by atoms with Crippen LogP contribution in [0, 0.1) is 5.82 Å². The van der Waals surface area contributed by atoms with Gasteiger partial charge in [0.1, 0.15) is 11.7 Å². The van der Waals surface area contributed by atoms with E-state index in [0.717, 1.165) is 24.9 Å². The van der Waals surface area contributed by atoms with E-state index in [0.29, 0.717) is 26.2 Å². The predicted octanol–water partition coefficient (Wildman–Crippen LogP) is 3.13. The van der Waals surface area contributed by atoms with Gasteiger partial charge in [-0.15, -0.1) is 22.9 Å². The van der Waals surface area contributed by atoms with Crippen molar-refractivity contribution in [1.82, 2.24) is 14.7 Å². The SMILES string of the molecule is O=C(CCl)N1CCCN(C(=O)CN2CCc3sccc3[C@@H]2c2cccc(F)c2)CC1. The van der Waals surface area contributed by atoms with E-state index in [9.17, 15) is 14.0 Å². The summed E-state index contributed by atoms with van der Waals surface area (Å²) >= 11 is 7.40. The Morgan fingerprint density at radius 3 is 2.57 bits per heavy atom. The number of nitrogens with zero attached hydrogens (tertiary/aromatic N) is 3. The van der Waals surface area contributed by atoms with Gasteiger partial charge in [-0.25, -0.2) is 4.39 Å². The van der Waals surface area contributed by atoms with Crippen LogP contribution in [0.1, 0.15) is 28.5 Å². The van der Waals surface area contributed by atoms with E-state index in [1.54, 1.807) is 28.4 Å². The smallest absolute Gasteiger partial charge is 0.237 e. The number of fused-ring (bicyclic) bond motifs is 1. The van der Waals surface area contributed by atoms with Crippen molar-refractivity contribution in [3.05, 3.63) is 57.5 Å². The average molecular weight is 450 g/mol. The standard InChI is InChI=1S/C22H25ClFN3O2S/c23-14-20(28)25-7-2-8-26(11-10-25)21(29)15-27-9-5-19-18(6-12-30-19)22(27)16-3-1-4-17(24)13-16/h1,3-4,6,12-13,22H,2,5,7-11,14-15H2/t22-/m0/s1. The molecule has 2 aliphatic heterocycles. The van der Waals surface area contributed by atoms with Gasteiger partial charge in [-0.2, -0.15) is 0 Å². The Kier molecular flexibility index (Phi) is 6.71. The van der Waals surface area contributed by atoms with Crippen molar-refractivity contribution in [2.45, 2.75) is 18.9 Å². The molecule has 5 nitrogen and oxygen atoms in total. The van der Waals surface area contributed by atoms with E-state index < -0.39 is 0 Å². The lowest BCUT2D eigenvalue weighted by atomic mass is 9.93. The van der Waals surface area contributed by atoms with Crippen LogP contribution in [0.5, 0.6) is 0 Å². The Bertz CT molecular complexity index is 921. The summed E-state index contributed by atoms with van der Waals surface area (Å²) in [6.07, 6.45) is 1.64. The minimum Gasteiger partial charge on any atom is -0.340 e. The van der Waals surface area contributed by atoms with Crippen LogP contribution in [0.4, 0.5) is 4.39 Å². The zero-order valence-corrected chi connectivity index (χ0v) is 18.3. The number of halogens is 2. The zero-order chi connectivity index (χ0) is 21.1. The molecular formula is C22H25ClFN3O2S. The molecule has 0 spiro atoms. The molecule has 2 aromatic rings. The molecule has 0 unspecified atom stereocenters. The van der Waals surface area contributed by atoms with Crippen molar-refractivity contribution >= 4 is 34.8 Å². The van der Waals surface area contributed by atoms with Gasteiger partial charge >= 0.3 is 0 Å². The van der Waals surface area contributed by atoms with Gasteiger partial charge in [-0.05, 0) is 47.5 Å². The fourth-order valence-corrected chi connectivity index (χ4v) is 5.45. The van der Waals surface area contributed by atoms with Crippen LogP contribution < -0.4 is 0 Å². The van der Waals surface area contributed by atoms with Crippen molar-refractivity contribution in [3.63, 3.8) is 0 Å². The number of hydrogen-bond donors (Lipinski definition) is 0. The molecule has 2 amide bonds. The summed E-state index contributed by atoms with van der Waals surface area (Å²) in [6.45, 7) is 3.32. The highest BCUT2D eigenvalue weighted by Gasteiger charge is 2.32. The average Bonchev–Trinajstić information content (AvgIpc) is 3.08. The molecule has 0 saturated carbocycles. The van der Waals surface area contributed by atoms with Gasteiger partial charge < -0.3 is 9.80 Å². The van der Waals surface area contributed by atoms with Crippen LogP contribution in [-0.4, -0.2) is 71.7 Å². The first-order valence-electron chi connectivity index (χ1n) is 10.2. The molecule has 0 N–H and O–H groups in total. The van der Waals surface area contributed by atoms with E-state index in [1.165, 1.54) is 16.5 Å². The van der Waals surface area contributed by atoms with Crippen LogP contribution >= 0.6 is 22.9 Å². The lowest BCUT2D eigenvalue weighted by Crippen LogP contribution is -2.45. The Balaban J connectivity index is 1.50. The van der Waals surface area contributed by atoms with Gasteiger partial charge in [0.05, 0.1) is 12.6 Å². The Hall–Kier alpha value is -1.96. The monoisotopic (exact) mass is 449 g/mol. The van der Waals surface area contributed by atoms with Gasteiger partial charge in [0, 0.05) is 37.6 Å². The Labute approximate surface area is 185 Å². The lowest BCUT2D eigenvalue weighted by Gasteiger charge is -2.37. The van der Waals surface area contributed by atoms with Crippen LogP contribution in [0.3, 0.4) is 0 Å². The number of alkyl halides is 1. The van der Waals surface area contributed by atoms with E-state index >= 15 is 0 Å². The van der Waals surface area contributed by atoms with Crippen LogP contribution in [0.25, 0.3) is 0 Å². The van der Waals surface area contributed by atoms with Gasteiger partial charge in [0.25, 0.3) is 0 Å². The number of amides is 2. The highest BCUT2D eigenvalue weighted by Crippen LogP contribution is 2.37. The summed E-state index contributed by atoms with van der Waals surface area (Å²) in [7, 11) is 0. The molecule has 1 aromatic carbocycles. The largest absolute Gasteiger partial charge is 0.340 e. The van der Waals surface area contributed by atoms with E-state index in [2.05, 4.69) is 16.3 Å². The number of thiophene rings is 1. The maximum absolute atomic E-state index is 13.9. The normalized spacial score (nSPS) is 20.0. The predicted molar refractivity (Wildman–Crippen MR) is 116 cm³/mol. The van der Waals surface area contributed by atoms with Gasteiger partial charge in [-0.3, -0.25) is 14.5 Å². The van der Waals surface area contributed by atoms with E-state index in [-0.39, 0.29) is 36.1 Å². The molecule has 1 saturated heterocycles. The molecule has 0 bridgehead atoms. The number of benzene rings is 1. The third-order valence-electron chi connectivity index (χ3n) is 5.88. The molecule has 1 aromatic heterocycles. The van der Waals surface area contributed by atoms with Gasteiger partial charge in [0.2, 0.25) is 11.8 Å². The fourth-order valence-electron chi connectivity index (χ4n) is 4.38. The first kappa shape index (κ1) is 21.3. The van der Waals surface area contributed by atoms with E-state index in [1.807, 2.05) is 11.0 Å². The molecule has 2 aliphatic rings. The second-order valence-corrected chi connectivity index (χ2v) is 8.99. The number of rotatable bonds is 4. The van der Waals surface area contributed by atoms with Crippen molar-refractivity contribution in [3.8, 4) is 0 Å². The number of carbonyl (C=O) groups excluding carboxylic acids is 2. The molecule has 1 fully saturated rings. The summed E-state index contributed by atoms with van der Waals surface area (Å²) in [5.74, 6) is -0.328. The molecule has 160 valence electrons. The quantitative estimate of drug-likeness (QED) is 0.673. The third-order valence-corrected chi connectivity index (χ3v) is 7.11. The zero-order valence-electron chi connectivity index (χ0n) is 16.7. The first-order valence-corrected chi connectivity index (χ1v) is 11.7. The molecule has 1 atom stereocenters. The Morgan fingerprint density at radius 2 is 1.83 bits per heavy atom. The molecule has 4 rings (SSSR count). The van der Waals surface area contributed by atoms with Crippen LogP contribution in [-0.2, 0) is 16.0 Å².